The first-order valence-corrected chi connectivity index (χ1v) is 31.2. The van der Waals surface area contributed by atoms with E-state index in [0.29, 0.717) is 12.8 Å². The minimum atomic E-state index is -1.57. The molecule has 6 N–H and O–H groups in total. The largest absolute Gasteiger partial charge is 0.394 e. The second kappa shape index (κ2) is 55.9. The van der Waals surface area contributed by atoms with Crippen LogP contribution in [0, 0.1) is 0 Å². The zero-order chi connectivity index (χ0) is 55.8. The van der Waals surface area contributed by atoms with E-state index in [2.05, 4.69) is 141 Å². The van der Waals surface area contributed by atoms with Crippen molar-refractivity contribution in [3.8, 4) is 0 Å². The molecule has 1 amide bonds. The van der Waals surface area contributed by atoms with Crippen LogP contribution in [0.15, 0.2) is 122 Å². The molecule has 9 nitrogen and oxygen atoms in total. The number of aliphatic hydroxyl groups excluding tert-OH is 5. The minimum Gasteiger partial charge on any atom is -0.394 e. The Morgan fingerprint density at radius 2 is 0.805 bits per heavy atom. The van der Waals surface area contributed by atoms with Crippen LogP contribution in [0.2, 0.25) is 0 Å². The second-order valence-electron chi connectivity index (χ2n) is 21.1. The smallest absolute Gasteiger partial charge is 0.220 e. The lowest BCUT2D eigenvalue weighted by Gasteiger charge is -2.40. The summed E-state index contributed by atoms with van der Waals surface area (Å²) in [5.41, 5.74) is 0. The van der Waals surface area contributed by atoms with Gasteiger partial charge in [-0.15, -0.1) is 0 Å². The Hall–Kier alpha value is -3.41. The third-order valence-corrected chi connectivity index (χ3v) is 14.1. The number of nitrogens with one attached hydrogen (secondary N) is 1. The summed E-state index contributed by atoms with van der Waals surface area (Å²) < 4.78 is 11.3. The van der Waals surface area contributed by atoms with Gasteiger partial charge in [0, 0.05) is 6.42 Å². The summed E-state index contributed by atoms with van der Waals surface area (Å²) >= 11 is 0. The number of rotatable bonds is 52. The molecule has 0 aromatic heterocycles. The number of ether oxygens (including phenoxy) is 2. The number of carbonyl (C=O) groups is 1. The molecule has 1 fully saturated rings. The average molecular weight is 1070 g/mol. The predicted molar refractivity (Wildman–Crippen MR) is 327 cm³/mol. The first-order chi connectivity index (χ1) is 37.8. The van der Waals surface area contributed by atoms with Crippen LogP contribution in [0.3, 0.4) is 0 Å². The topological polar surface area (TPSA) is 149 Å². The third kappa shape index (κ3) is 45.1. The maximum absolute atomic E-state index is 13.1. The molecule has 1 aliphatic heterocycles. The molecule has 1 saturated heterocycles. The zero-order valence-electron chi connectivity index (χ0n) is 48.9. The molecule has 1 aliphatic rings. The van der Waals surface area contributed by atoms with Gasteiger partial charge in [0.05, 0.1) is 25.4 Å². The van der Waals surface area contributed by atoms with E-state index in [-0.39, 0.29) is 12.5 Å². The van der Waals surface area contributed by atoms with E-state index >= 15 is 0 Å². The van der Waals surface area contributed by atoms with Crippen LogP contribution in [0.4, 0.5) is 0 Å². The number of allylic oxidation sites excluding steroid dienone is 20. The predicted octanol–water partition coefficient (Wildman–Crippen LogP) is 16.3. The summed E-state index contributed by atoms with van der Waals surface area (Å²) in [5, 5.41) is 54.7. The lowest BCUT2D eigenvalue weighted by molar-refractivity contribution is -0.302. The maximum atomic E-state index is 13.1. The van der Waals surface area contributed by atoms with Crippen molar-refractivity contribution in [3.05, 3.63) is 122 Å². The first-order valence-electron chi connectivity index (χ1n) is 31.2. The summed E-state index contributed by atoms with van der Waals surface area (Å²) in [7, 11) is 0. The Morgan fingerprint density at radius 3 is 1.19 bits per heavy atom. The van der Waals surface area contributed by atoms with Gasteiger partial charge in [0.2, 0.25) is 5.91 Å². The van der Waals surface area contributed by atoms with E-state index in [0.717, 1.165) is 116 Å². The van der Waals surface area contributed by atoms with E-state index in [4.69, 9.17) is 9.47 Å². The molecule has 440 valence electrons. The van der Waals surface area contributed by atoms with Crippen LogP contribution in [0.5, 0.6) is 0 Å². The standard InChI is InChI=1S/C68H115NO8/c1-3-5-7-9-11-13-15-17-19-21-23-24-25-26-27-28-29-30-31-32-33-34-35-36-37-38-40-42-44-46-48-50-52-54-56-58-64(72)69-61(60-76-68-67(75)66(74)65(73)63(59-70)77-68)62(71)57-55-53-51-49-47-45-43-41-39-22-20-18-16-14-12-10-8-6-4-2/h5,7,11,13,17,19,23-24,26-27,29-30,32-33,35-36,38,40,44,46,61-63,65-68,70-71,73-75H,3-4,6,8-10,12,14-16,18,20-22,25,28,31,34,37,39,41-43,45,47-60H2,1-2H3,(H,69,72)/b7-5-,13-11-,19-17-,24-23-,27-26-,30-29-,33-32-,36-35-,40-38-,46-44-. The summed E-state index contributed by atoms with van der Waals surface area (Å²) in [4.78, 5) is 13.1. The van der Waals surface area contributed by atoms with Crippen molar-refractivity contribution < 1.29 is 39.8 Å². The highest BCUT2D eigenvalue weighted by Gasteiger charge is 2.44. The molecule has 0 aromatic rings. The van der Waals surface area contributed by atoms with Gasteiger partial charge in [-0.2, -0.15) is 0 Å². The van der Waals surface area contributed by atoms with E-state index in [9.17, 15) is 30.3 Å². The Balaban J connectivity index is 2.22. The van der Waals surface area contributed by atoms with Crippen molar-refractivity contribution in [1.82, 2.24) is 5.32 Å². The van der Waals surface area contributed by atoms with Crippen LogP contribution < -0.4 is 5.32 Å². The number of hydrogen-bond donors (Lipinski definition) is 6. The number of carbonyl (C=O) groups excluding carboxylic acids is 1. The monoisotopic (exact) mass is 1070 g/mol. The molecule has 0 spiro atoms. The summed E-state index contributed by atoms with van der Waals surface area (Å²) in [6, 6.07) is -0.743. The van der Waals surface area contributed by atoms with Gasteiger partial charge in [0.1, 0.15) is 24.4 Å². The fourth-order valence-electron chi connectivity index (χ4n) is 9.19. The molecule has 1 rings (SSSR count). The van der Waals surface area contributed by atoms with Gasteiger partial charge < -0.3 is 40.3 Å². The molecule has 0 radical (unpaired) electrons. The number of hydrogen-bond acceptors (Lipinski definition) is 8. The molecule has 9 heteroatoms. The molecule has 0 bridgehead atoms. The summed E-state index contributed by atoms with van der Waals surface area (Å²) in [6.45, 7) is 3.72. The van der Waals surface area contributed by atoms with Crippen LogP contribution in [-0.2, 0) is 14.3 Å². The Bertz CT molecular complexity index is 1620. The molecule has 0 aromatic carbocycles. The van der Waals surface area contributed by atoms with Gasteiger partial charge >= 0.3 is 0 Å². The van der Waals surface area contributed by atoms with Gasteiger partial charge in [-0.05, 0) is 89.9 Å². The lowest BCUT2D eigenvalue weighted by Crippen LogP contribution is -2.60. The van der Waals surface area contributed by atoms with E-state index < -0.39 is 49.5 Å². The zero-order valence-corrected chi connectivity index (χ0v) is 48.9. The molecule has 1 heterocycles. The summed E-state index contributed by atoms with van der Waals surface area (Å²) in [6.07, 6.45) is 76.5. The molecule has 7 atom stereocenters. The number of unbranched alkanes of at least 4 members (excludes halogenated alkanes) is 22. The van der Waals surface area contributed by atoms with Gasteiger partial charge in [-0.3, -0.25) is 4.79 Å². The van der Waals surface area contributed by atoms with Crippen molar-refractivity contribution in [1.29, 1.82) is 0 Å². The quantitative estimate of drug-likeness (QED) is 0.0261. The average Bonchev–Trinajstić information content (AvgIpc) is 3.43. The van der Waals surface area contributed by atoms with E-state index in [1.807, 2.05) is 0 Å². The highest BCUT2D eigenvalue weighted by molar-refractivity contribution is 5.76. The molecule has 7 unspecified atom stereocenters. The van der Waals surface area contributed by atoms with Crippen molar-refractivity contribution in [3.63, 3.8) is 0 Å². The van der Waals surface area contributed by atoms with E-state index in [1.54, 1.807) is 0 Å². The highest BCUT2D eigenvalue weighted by atomic mass is 16.7. The Morgan fingerprint density at radius 1 is 0.455 bits per heavy atom. The second-order valence-corrected chi connectivity index (χ2v) is 21.1. The van der Waals surface area contributed by atoms with Gasteiger partial charge in [-0.25, -0.2) is 0 Å². The van der Waals surface area contributed by atoms with Crippen LogP contribution in [0.1, 0.15) is 245 Å². The molecular formula is C68H115NO8. The van der Waals surface area contributed by atoms with Crippen molar-refractivity contribution in [2.45, 2.75) is 288 Å². The summed E-state index contributed by atoms with van der Waals surface area (Å²) in [5.74, 6) is -0.172. The van der Waals surface area contributed by atoms with Crippen molar-refractivity contribution in [2.75, 3.05) is 13.2 Å². The number of amides is 1. The Labute approximate surface area is 471 Å². The lowest BCUT2D eigenvalue weighted by atomic mass is 9.99. The SMILES string of the molecule is CC/C=C\C/C=C\C/C=C\C/C=C\C/C=C\C/C=C\C/C=C\C/C=C\C/C=C\C/C=C\CCCCCCC(=O)NC(COC1OC(CO)C(O)C(O)C1O)C(O)CCCCCCCCCCCCCCCCCCCCC. The van der Waals surface area contributed by atoms with Crippen LogP contribution >= 0.6 is 0 Å². The van der Waals surface area contributed by atoms with Gasteiger partial charge in [0.15, 0.2) is 6.29 Å². The normalized spacial score (nSPS) is 19.6. The Kier molecular flexibility index (Phi) is 52.0. The van der Waals surface area contributed by atoms with Crippen molar-refractivity contribution in [2.24, 2.45) is 0 Å². The number of aliphatic hydroxyl groups is 5. The van der Waals surface area contributed by atoms with Crippen LogP contribution in [0.25, 0.3) is 0 Å². The van der Waals surface area contributed by atoms with Gasteiger partial charge in [-0.1, -0.05) is 270 Å². The maximum Gasteiger partial charge on any atom is 0.220 e. The molecule has 0 aliphatic carbocycles. The third-order valence-electron chi connectivity index (χ3n) is 14.1. The van der Waals surface area contributed by atoms with Crippen molar-refractivity contribution >= 4 is 5.91 Å². The highest BCUT2D eigenvalue weighted by Crippen LogP contribution is 2.23. The van der Waals surface area contributed by atoms with E-state index in [1.165, 1.54) is 103 Å². The first kappa shape index (κ1) is 71.6. The molecule has 0 saturated carbocycles. The van der Waals surface area contributed by atoms with Gasteiger partial charge in [0.25, 0.3) is 0 Å². The fourth-order valence-corrected chi connectivity index (χ4v) is 9.19. The fraction of sp³-hybridized carbons (Fsp3) is 0.691. The minimum absolute atomic E-state index is 0.155. The van der Waals surface area contributed by atoms with Crippen LogP contribution in [-0.4, -0.2) is 87.5 Å². The molecular weight excluding hydrogens is 959 g/mol. The molecule has 77 heavy (non-hydrogen) atoms.